The zero-order valence-corrected chi connectivity index (χ0v) is 25.3. The van der Waals surface area contributed by atoms with Gasteiger partial charge in [-0.1, -0.05) is 76.8 Å². The molecule has 3 aromatic rings. The summed E-state index contributed by atoms with van der Waals surface area (Å²) in [6, 6.07) is 20.2. The molecule has 0 radical (unpaired) electrons. The van der Waals surface area contributed by atoms with Crippen molar-refractivity contribution in [3.8, 4) is 0 Å². The van der Waals surface area contributed by atoms with Crippen LogP contribution in [-0.2, 0) is 26.2 Å². The molecule has 0 aliphatic rings. The SMILES string of the molecule is CCCCNC(=O)[C@H](C)N(Cc1ccc(C)cc1)C(=O)CN(c1ccc(Br)cc1)S(=O)(=O)c1ccc(C)cc1. The number of anilines is 1. The molecule has 1 N–H and O–H groups in total. The Morgan fingerprint density at radius 2 is 1.46 bits per heavy atom. The fourth-order valence-corrected chi connectivity index (χ4v) is 5.66. The maximum atomic E-state index is 13.9. The molecule has 0 aliphatic carbocycles. The molecule has 3 rings (SSSR count). The zero-order valence-electron chi connectivity index (χ0n) is 22.9. The minimum atomic E-state index is -4.08. The van der Waals surface area contributed by atoms with Gasteiger partial charge < -0.3 is 10.2 Å². The number of carbonyl (C=O) groups excluding carboxylic acids is 2. The van der Waals surface area contributed by atoms with Gasteiger partial charge in [-0.25, -0.2) is 8.42 Å². The van der Waals surface area contributed by atoms with E-state index in [1.807, 2.05) is 45.0 Å². The van der Waals surface area contributed by atoms with Crippen LogP contribution in [0.4, 0.5) is 5.69 Å². The Hall–Kier alpha value is -3.17. The van der Waals surface area contributed by atoms with Crippen LogP contribution in [0.3, 0.4) is 0 Å². The Labute approximate surface area is 240 Å². The Kier molecular flexibility index (Phi) is 10.7. The number of amides is 2. The minimum Gasteiger partial charge on any atom is -0.354 e. The van der Waals surface area contributed by atoms with Gasteiger partial charge in [-0.05, 0) is 69.2 Å². The number of hydrogen-bond acceptors (Lipinski definition) is 4. The monoisotopic (exact) mass is 613 g/mol. The fraction of sp³-hybridized carbons (Fsp3) is 0.333. The molecule has 0 aliphatic heterocycles. The van der Waals surface area contributed by atoms with Crippen LogP contribution in [0.15, 0.2) is 82.2 Å². The predicted molar refractivity (Wildman–Crippen MR) is 159 cm³/mol. The summed E-state index contributed by atoms with van der Waals surface area (Å²) >= 11 is 3.39. The number of sulfonamides is 1. The van der Waals surface area contributed by atoms with E-state index >= 15 is 0 Å². The largest absolute Gasteiger partial charge is 0.354 e. The van der Waals surface area contributed by atoms with Gasteiger partial charge in [-0.15, -0.1) is 0 Å². The van der Waals surface area contributed by atoms with Gasteiger partial charge in [-0.3, -0.25) is 13.9 Å². The summed E-state index contributed by atoms with van der Waals surface area (Å²) in [6.07, 6.45) is 1.76. The average molecular weight is 615 g/mol. The minimum absolute atomic E-state index is 0.0826. The number of rotatable bonds is 12. The van der Waals surface area contributed by atoms with Gasteiger partial charge in [-0.2, -0.15) is 0 Å². The van der Waals surface area contributed by atoms with Crippen LogP contribution < -0.4 is 9.62 Å². The highest BCUT2D eigenvalue weighted by Crippen LogP contribution is 2.26. The molecule has 0 fully saturated rings. The average Bonchev–Trinajstić information content (AvgIpc) is 2.91. The van der Waals surface area contributed by atoms with E-state index in [0.717, 1.165) is 38.3 Å². The second-order valence-electron chi connectivity index (χ2n) is 9.63. The molecule has 0 aromatic heterocycles. The number of halogens is 1. The number of nitrogens with zero attached hydrogens (tertiary/aromatic N) is 2. The normalized spacial score (nSPS) is 12.0. The number of unbranched alkanes of at least 4 members (excludes halogenated alkanes) is 1. The Morgan fingerprint density at radius 3 is 2.03 bits per heavy atom. The van der Waals surface area contributed by atoms with E-state index in [0.29, 0.717) is 12.2 Å². The van der Waals surface area contributed by atoms with E-state index in [-0.39, 0.29) is 17.3 Å². The maximum Gasteiger partial charge on any atom is 0.264 e. The van der Waals surface area contributed by atoms with Crippen LogP contribution in [0.1, 0.15) is 43.4 Å². The molecule has 0 bridgehead atoms. The van der Waals surface area contributed by atoms with E-state index in [9.17, 15) is 18.0 Å². The lowest BCUT2D eigenvalue weighted by molar-refractivity contribution is -0.139. The van der Waals surface area contributed by atoms with Crippen molar-refractivity contribution in [1.29, 1.82) is 0 Å². The highest BCUT2D eigenvalue weighted by Gasteiger charge is 2.32. The van der Waals surface area contributed by atoms with Crippen molar-refractivity contribution in [1.82, 2.24) is 10.2 Å². The van der Waals surface area contributed by atoms with Crippen LogP contribution in [0, 0.1) is 13.8 Å². The van der Waals surface area contributed by atoms with Crippen LogP contribution in [0.25, 0.3) is 0 Å². The van der Waals surface area contributed by atoms with Gasteiger partial charge in [0.25, 0.3) is 10.0 Å². The van der Waals surface area contributed by atoms with Crippen molar-refractivity contribution in [2.75, 3.05) is 17.4 Å². The first-order chi connectivity index (χ1) is 18.5. The molecule has 3 aromatic carbocycles. The first kappa shape index (κ1) is 30.4. The van der Waals surface area contributed by atoms with Gasteiger partial charge >= 0.3 is 0 Å². The molecule has 0 saturated carbocycles. The van der Waals surface area contributed by atoms with Crippen molar-refractivity contribution in [3.63, 3.8) is 0 Å². The summed E-state index contributed by atoms with van der Waals surface area (Å²) in [5, 5.41) is 2.90. The summed E-state index contributed by atoms with van der Waals surface area (Å²) in [7, 11) is -4.08. The number of carbonyl (C=O) groups is 2. The number of hydrogen-bond donors (Lipinski definition) is 1. The third-order valence-corrected chi connectivity index (χ3v) is 8.79. The van der Waals surface area contributed by atoms with Crippen LogP contribution in [0.2, 0.25) is 0 Å². The van der Waals surface area contributed by atoms with E-state index < -0.39 is 28.5 Å². The van der Waals surface area contributed by atoms with E-state index in [1.54, 1.807) is 43.3 Å². The number of benzene rings is 3. The van der Waals surface area contributed by atoms with E-state index in [1.165, 1.54) is 17.0 Å². The molecular weight excluding hydrogens is 578 g/mol. The molecular formula is C30H36BrN3O4S. The first-order valence-electron chi connectivity index (χ1n) is 13.0. The maximum absolute atomic E-state index is 13.9. The molecule has 7 nitrogen and oxygen atoms in total. The second kappa shape index (κ2) is 13.8. The van der Waals surface area contributed by atoms with Gasteiger partial charge in [0.15, 0.2) is 0 Å². The molecule has 1 atom stereocenters. The Bertz CT molecular complexity index is 1360. The van der Waals surface area contributed by atoms with Crippen molar-refractivity contribution in [2.45, 2.75) is 58.0 Å². The first-order valence-corrected chi connectivity index (χ1v) is 15.2. The number of nitrogens with one attached hydrogen (secondary N) is 1. The lowest BCUT2D eigenvalue weighted by atomic mass is 10.1. The summed E-state index contributed by atoms with van der Waals surface area (Å²) in [6.45, 7) is 7.78. The lowest BCUT2D eigenvalue weighted by Crippen LogP contribution is -2.51. The van der Waals surface area contributed by atoms with E-state index in [2.05, 4.69) is 21.2 Å². The quantitative estimate of drug-likeness (QED) is 0.270. The highest BCUT2D eigenvalue weighted by atomic mass is 79.9. The molecule has 0 saturated heterocycles. The molecule has 208 valence electrons. The Balaban J connectivity index is 1.98. The molecule has 9 heteroatoms. The Morgan fingerprint density at radius 1 is 0.897 bits per heavy atom. The van der Waals surface area contributed by atoms with Gasteiger partial charge in [0.05, 0.1) is 10.6 Å². The standard InChI is InChI=1S/C30H36BrN3O4S/c1-5-6-19-32-30(36)24(4)33(20-25-11-7-22(2)8-12-25)29(35)21-34(27-15-13-26(31)14-16-27)39(37,38)28-17-9-23(3)10-18-28/h7-18,24H,5-6,19-21H2,1-4H3,(H,32,36)/t24-/m0/s1. The molecule has 0 spiro atoms. The topological polar surface area (TPSA) is 86.8 Å². The summed E-state index contributed by atoms with van der Waals surface area (Å²) in [5.74, 6) is -0.757. The molecule has 0 unspecified atom stereocenters. The third kappa shape index (κ3) is 8.16. The van der Waals surface area contributed by atoms with Gasteiger partial charge in [0, 0.05) is 17.6 Å². The van der Waals surface area contributed by atoms with Gasteiger partial charge in [0.2, 0.25) is 11.8 Å². The van der Waals surface area contributed by atoms with Crippen LogP contribution in [0.5, 0.6) is 0 Å². The van der Waals surface area contributed by atoms with Crippen molar-refractivity contribution < 1.29 is 18.0 Å². The highest BCUT2D eigenvalue weighted by molar-refractivity contribution is 9.10. The summed E-state index contributed by atoms with van der Waals surface area (Å²) in [4.78, 5) is 28.4. The van der Waals surface area contributed by atoms with Gasteiger partial charge in [0.1, 0.15) is 12.6 Å². The smallest absolute Gasteiger partial charge is 0.264 e. The predicted octanol–water partition coefficient (Wildman–Crippen LogP) is 5.59. The number of aryl methyl sites for hydroxylation is 2. The van der Waals surface area contributed by atoms with E-state index in [4.69, 9.17) is 0 Å². The molecule has 0 heterocycles. The van der Waals surface area contributed by atoms with Crippen molar-refractivity contribution in [3.05, 3.63) is 94.0 Å². The summed E-state index contributed by atoms with van der Waals surface area (Å²) < 4.78 is 29.5. The fourth-order valence-electron chi connectivity index (χ4n) is 3.98. The second-order valence-corrected chi connectivity index (χ2v) is 12.4. The van der Waals surface area contributed by atoms with Crippen LogP contribution >= 0.6 is 15.9 Å². The van der Waals surface area contributed by atoms with Crippen molar-refractivity contribution in [2.24, 2.45) is 0 Å². The van der Waals surface area contributed by atoms with Crippen LogP contribution in [-0.4, -0.2) is 44.3 Å². The lowest BCUT2D eigenvalue weighted by Gasteiger charge is -2.32. The summed E-state index contributed by atoms with van der Waals surface area (Å²) in [5.41, 5.74) is 3.20. The van der Waals surface area contributed by atoms with Crippen molar-refractivity contribution >= 4 is 43.5 Å². The third-order valence-electron chi connectivity index (χ3n) is 6.47. The zero-order chi connectivity index (χ0) is 28.6. The molecule has 2 amide bonds. The molecule has 39 heavy (non-hydrogen) atoms.